The van der Waals surface area contributed by atoms with E-state index in [1.165, 1.54) is 0 Å². The molecule has 5 nitrogen and oxygen atoms in total. The number of aromatic nitrogens is 1. The number of nitrogens with one attached hydrogen (secondary N) is 1. The Morgan fingerprint density at radius 2 is 2.04 bits per heavy atom. The summed E-state index contributed by atoms with van der Waals surface area (Å²) in [6.45, 7) is 1.86. The molecule has 0 aliphatic heterocycles. The van der Waals surface area contributed by atoms with Crippen molar-refractivity contribution < 1.29 is 9.21 Å². The summed E-state index contributed by atoms with van der Waals surface area (Å²) in [4.78, 5) is 16.4. The summed E-state index contributed by atoms with van der Waals surface area (Å²) >= 11 is 0. The second-order valence-corrected chi connectivity index (χ2v) is 5.73. The number of amides is 1. The van der Waals surface area contributed by atoms with E-state index in [0.29, 0.717) is 30.0 Å². The molecule has 0 saturated carbocycles. The molecule has 0 spiro atoms. The van der Waals surface area contributed by atoms with E-state index in [1.807, 2.05) is 43.3 Å². The Bertz CT molecular complexity index is 921. The minimum atomic E-state index is -0.0647. The average Bonchev–Trinajstić information content (AvgIpc) is 3.07. The Morgan fingerprint density at radius 1 is 1.24 bits per heavy atom. The first-order valence-corrected chi connectivity index (χ1v) is 7.95. The Balaban J connectivity index is 1.60. The quantitative estimate of drug-likeness (QED) is 0.763. The van der Waals surface area contributed by atoms with Gasteiger partial charge >= 0.3 is 0 Å². The lowest BCUT2D eigenvalue weighted by Gasteiger charge is -2.06. The van der Waals surface area contributed by atoms with Gasteiger partial charge in [-0.15, -0.1) is 0 Å². The van der Waals surface area contributed by atoms with Crippen molar-refractivity contribution in [2.45, 2.75) is 19.8 Å². The van der Waals surface area contributed by atoms with E-state index in [1.54, 1.807) is 18.4 Å². The maximum Gasteiger partial charge on any atom is 0.226 e. The van der Waals surface area contributed by atoms with E-state index in [9.17, 15) is 4.79 Å². The van der Waals surface area contributed by atoms with E-state index in [0.717, 1.165) is 16.8 Å². The molecule has 25 heavy (non-hydrogen) atoms. The molecule has 0 fully saturated rings. The predicted octanol–water partition coefficient (Wildman–Crippen LogP) is 4.09. The Morgan fingerprint density at radius 3 is 2.72 bits per heavy atom. The molecule has 0 aliphatic rings. The van der Waals surface area contributed by atoms with Crippen LogP contribution in [-0.2, 0) is 11.2 Å². The molecule has 0 atom stereocenters. The first kappa shape index (κ1) is 16.5. The van der Waals surface area contributed by atoms with Gasteiger partial charge in [0.25, 0.3) is 0 Å². The summed E-state index contributed by atoms with van der Waals surface area (Å²) in [6, 6.07) is 16.8. The van der Waals surface area contributed by atoms with Gasteiger partial charge in [0.2, 0.25) is 11.8 Å². The summed E-state index contributed by atoms with van der Waals surface area (Å²) in [7, 11) is 0. The summed E-state index contributed by atoms with van der Waals surface area (Å²) in [5, 5.41) is 11.7. The SMILES string of the molecule is Cc1coc(-c2cccc(NC(=O)CCc3ccc(C#N)cc3)c2)n1. The number of hydrogen-bond donors (Lipinski definition) is 1. The number of oxazole rings is 1. The summed E-state index contributed by atoms with van der Waals surface area (Å²) in [5.74, 6) is 0.469. The number of carbonyl (C=O) groups is 1. The van der Waals surface area contributed by atoms with Crippen LogP contribution in [0.25, 0.3) is 11.5 Å². The molecule has 0 unspecified atom stereocenters. The third-order valence-corrected chi connectivity index (χ3v) is 3.74. The second kappa shape index (κ2) is 7.45. The first-order chi connectivity index (χ1) is 12.1. The molecule has 0 radical (unpaired) electrons. The van der Waals surface area contributed by atoms with E-state index in [4.69, 9.17) is 9.68 Å². The molecule has 0 aliphatic carbocycles. The highest BCUT2D eigenvalue weighted by Gasteiger charge is 2.08. The smallest absolute Gasteiger partial charge is 0.226 e. The third kappa shape index (κ3) is 4.33. The molecule has 3 aromatic rings. The summed E-state index contributed by atoms with van der Waals surface area (Å²) < 4.78 is 5.39. The van der Waals surface area contributed by atoms with Gasteiger partial charge in [-0.05, 0) is 49.2 Å². The van der Waals surface area contributed by atoms with Crippen molar-refractivity contribution >= 4 is 11.6 Å². The summed E-state index contributed by atoms with van der Waals surface area (Å²) in [6.07, 6.45) is 2.59. The number of aryl methyl sites for hydroxylation is 2. The highest BCUT2D eigenvalue weighted by molar-refractivity contribution is 5.91. The van der Waals surface area contributed by atoms with Crippen LogP contribution >= 0.6 is 0 Å². The van der Waals surface area contributed by atoms with Gasteiger partial charge in [0.1, 0.15) is 6.26 Å². The molecule has 0 saturated heterocycles. The van der Waals surface area contributed by atoms with Crippen molar-refractivity contribution in [1.29, 1.82) is 5.26 Å². The van der Waals surface area contributed by atoms with Crippen molar-refractivity contribution in [2.75, 3.05) is 5.32 Å². The number of anilines is 1. The maximum absolute atomic E-state index is 12.2. The normalized spacial score (nSPS) is 10.2. The van der Waals surface area contributed by atoms with Gasteiger partial charge in [0.05, 0.1) is 17.3 Å². The number of rotatable bonds is 5. The average molecular weight is 331 g/mol. The van der Waals surface area contributed by atoms with Crippen LogP contribution in [0.3, 0.4) is 0 Å². The van der Waals surface area contributed by atoms with Gasteiger partial charge in [-0.2, -0.15) is 5.26 Å². The maximum atomic E-state index is 12.2. The van der Waals surface area contributed by atoms with Crippen LogP contribution in [0.2, 0.25) is 0 Å². The molecule has 1 heterocycles. The molecular weight excluding hydrogens is 314 g/mol. The van der Waals surface area contributed by atoms with Gasteiger partial charge in [-0.25, -0.2) is 4.98 Å². The molecule has 0 bridgehead atoms. The van der Waals surface area contributed by atoms with E-state index in [-0.39, 0.29) is 5.91 Å². The van der Waals surface area contributed by atoms with Crippen molar-refractivity contribution in [2.24, 2.45) is 0 Å². The number of benzene rings is 2. The monoisotopic (exact) mass is 331 g/mol. The fourth-order valence-electron chi connectivity index (χ4n) is 2.44. The van der Waals surface area contributed by atoms with Crippen LogP contribution in [0.5, 0.6) is 0 Å². The zero-order valence-corrected chi connectivity index (χ0v) is 13.8. The fourth-order valence-corrected chi connectivity index (χ4v) is 2.44. The standard InChI is InChI=1S/C20H17N3O2/c1-14-13-25-20(22-14)17-3-2-4-18(11-17)23-19(24)10-9-15-5-7-16(12-21)8-6-15/h2-8,11,13H,9-10H2,1H3,(H,23,24). The molecule has 5 heteroatoms. The third-order valence-electron chi connectivity index (χ3n) is 3.74. The lowest BCUT2D eigenvalue weighted by atomic mass is 10.1. The van der Waals surface area contributed by atoms with E-state index >= 15 is 0 Å². The van der Waals surface area contributed by atoms with Crippen LogP contribution in [0.15, 0.2) is 59.2 Å². The van der Waals surface area contributed by atoms with Crippen LogP contribution in [0, 0.1) is 18.3 Å². The molecular formula is C20H17N3O2. The van der Waals surface area contributed by atoms with E-state index < -0.39 is 0 Å². The summed E-state index contributed by atoms with van der Waals surface area (Å²) in [5.41, 5.74) is 3.98. The van der Waals surface area contributed by atoms with Crippen molar-refractivity contribution in [1.82, 2.24) is 4.98 Å². The van der Waals surface area contributed by atoms with Crippen LogP contribution in [-0.4, -0.2) is 10.9 Å². The van der Waals surface area contributed by atoms with Gasteiger partial charge in [-0.1, -0.05) is 18.2 Å². The highest BCUT2D eigenvalue weighted by Crippen LogP contribution is 2.22. The van der Waals surface area contributed by atoms with Gasteiger partial charge in [0, 0.05) is 17.7 Å². The minimum absolute atomic E-state index is 0.0647. The topological polar surface area (TPSA) is 78.9 Å². The van der Waals surface area contributed by atoms with Crippen LogP contribution < -0.4 is 5.32 Å². The predicted molar refractivity (Wildman–Crippen MR) is 94.8 cm³/mol. The molecule has 1 aromatic heterocycles. The van der Waals surface area contributed by atoms with Gasteiger partial charge in [-0.3, -0.25) is 4.79 Å². The molecule has 1 N–H and O–H groups in total. The first-order valence-electron chi connectivity index (χ1n) is 7.95. The minimum Gasteiger partial charge on any atom is -0.444 e. The number of hydrogen-bond acceptors (Lipinski definition) is 4. The second-order valence-electron chi connectivity index (χ2n) is 5.73. The lowest BCUT2D eigenvalue weighted by molar-refractivity contribution is -0.116. The fraction of sp³-hybridized carbons (Fsp3) is 0.150. The van der Waals surface area contributed by atoms with Crippen molar-refractivity contribution in [3.05, 3.63) is 71.6 Å². The van der Waals surface area contributed by atoms with Gasteiger partial charge < -0.3 is 9.73 Å². The highest BCUT2D eigenvalue weighted by atomic mass is 16.3. The zero-order chi connectivity index (χ0) is 17.6. The van der Waals surface area contributed by atoms with Crippen molar-refractivity contribution in [3.63, 3.8) is 0 Å². The Hall–Kier alpha value is -3.39. The Kier molecular flexibility index (Phi) is 4.91. The number of nitrogens with zero attached hydrogens (tertiary/aromatic N) is 2. The molecule has 3 rings (SSSR count). The Labute approximate surface area is 145 Å². The molecule has 2 aromatic carbocycles. The van der Waals surface area contributed by atoms with Crippen molar-refractivity contribution in [3.8, 4) is 17.5 Å². The van der Waals surface area contributed by atoms with Crippen LogP contribution in [0.4, 0.5) is 5.69 Å². The zero-order valence-electron chi connectivity index (χ0n) is 13.8. The molecule has 1 amide bonds. The largest absolute Gasteiger partial charge is 0.444 e. The van der Waals surface area contributed by atoms with Crippen LogP contribution in [0.1, 0.15) is 23.2 Å². The van der Waals surface area contributed by atoms with Gasteiger partial charge in [0.15, 0.2) is 0 Å². The van der Waals surface area contributed by atoms with E-state index in [2.05, 4.69) is 16.4 Å². The lowest BCUT2D eigenvalue weighted by Crippen LogP contribution is -2.12. The molecule has 124 valence electrons. The number of carbonyl (C=O) groups excluding carboxylic acids is 1. The number of nitriles is 1.